The molecule has 0 fully saturated rings. The van der Waals surface area contributed by atoms with Gasteiger partial charge >= 0.3 is 0 Å². The quantitative estimate of drug-likeness (QED) is 0.776. The smallest absolute Gasteiger partial charge is 0.270 e. The lowest BCUT2D eigenvalue weighted by Gasteiger charge is -2.21. The van der Waals surface area contributed by atoms with Crippen LogP contribution in [0.15, 0.2) is 53.6 Å². The summed E-state index contributed by atoms with van der Waals surface area (Å²) in [6.07, 6.45) is 1.52. The van der Waals surface area contributed by atoms with Gasteiger partial charge in [-0.1, -0.05) is 18.2 Å². The molecule has 4 rings (SSSR count). The Morgan fingerprint density at radius 1 is 1.17 bits per heavy atom. The van der Waals surface area contributed by atoms with Crippen LogP contribution < -0.4 is 10.1 Å². The van der Waals surface area contributed by atoms with Crippen LogP contribution in [0.4, 0.5) is 5.69 Å². The van der Waals surface area contributed by atoms with Crippen LogP contribution in [0, 0.1) is 6.92 Å². The van der Waals surface area contributed by atoms with Gasteiger partial charge in [-0.25, -0.2) is 12.4 Å². The summed E-state index contributed by atoms with van der Waals surface area (Å²) in [5.74, 6) is -0.0262. The summed E-state index contributed by atoms with van der Waals surface area (Å²) in [4.78, 5) is 11.6. The first-order valence-corrected chi connectivity index (χ1v) is 8.80. The molecule has 0 aliphatic carbocycles. The zero-order valence-corrected chi connectivity index (χ0v) is 13.6. The number of hydrogen-bond donors (Lipinski definition) is 1. The molecule has 0 saturated carbocycles. The fraction of sp³-hybridized carbons (Fsp3) is 0.118. The van der Waals surface area contributed by atoms with Crippen molar-refractivity contribution < 1.29 is 17.9 Å². The molecule has 3 aromatic rings. The van der Waals surface area contributed by atoms with Crippen LogP contribution in [0.1, 0.15) is 5.56 Å². The number of fused-ring (bicyclic) bond motifs is 2. The molecule has 1 amide bonds. The monoisotopic (exact) mass is 342 g/mol. The summed E-state index contributed by atoms with van der Waals surface area (Å²) in [5.41, 5.74) is 1.74. The normalized spacial score (nSPS) is 14.1. The van der Waals surface area contributed by atoms with Crippen molar-refractivity contribution in [1.29, 1.82) is 0 Å². The highest BCUT2D eigenvalue weighted by molar-refractivity contribution is 7.90. The first-order valence-electron chi connectivity index (χ1n) is 7.36. The van der Waals surface area contributed by atoms with Gasteiger partial charge in [-0.05, 0) is 36.8 Å². The topological polar surface area (TPSA) is 77.4 Å². The standard InChI is InChI=1S/C17H14N2O4S/c1-11-5-6-12-7-8-19(13(12)9-11)24(21,22)15-4-2-3-14-17(15)18-16(20)10-23-14/h2-9H,10H2,1H3,(H,18,20). The number of anilines is 1. The molecular formula is C17H14N2O4S. The van der Waals surface area contributed by atoms with Crippen molar-refractivity contribution in [2.45, 2.75) is 11.8 Å². The zero-order chi connectivity index (χ0) is 16.9. The van der Waals surface area contributed by atoms with Crippen molar-refractivity contribution >= 4 is 32.5 Å². The zero-order valence-electron chi connectivity index (χ0n) is 12.8. The molecule has 2 aromatic carbocycles. The molecule has 1 aromatic heterocycles. The predicted octanol–water partition coefficient (Wildman–Crippen LogP) is 2.52. The molecule has 0 unspecified atom stereocenters. The lowest BCUT2D eigenvalue weighted by Crippen LogP contribution is -2.27. The molecule has 7 heteroatoms. The summed E-state index contributed by atoms with van der Waals surface area (Å²) in [5, 5.41) is 3.43. The van der Waals surface area contributed by atoms with Gasteiger partial charge in [0.25, 0.3) is 15.9 Å². The van der Waals surface area contributed by atoms with Gasteiger partial charge in [-0.2, -0.15) is 0 Å². The lowest BCUT2D eigenvalue weighted by molar-refractivity contribution is -0.118. The lowest BCUT2D eigenvalue weighted by atomic mass is 10.2. The second-order valence-electron chi connectivity index (χ2n) is 5.65. The number of amides is 1. The summed E-state index contributed by atoms with van der Waals surface area (Å²) in [6.45, 7) is 1.78. The Bertz CT molecular complexity index is 1080. The molecule has 24 heavy (non-hydrogen) atoms. The molecule has 1 N–H and O–H groups in total. The summed E-state index contributed by atoms with van der Waals surface area (Å²) >= 11 is 0. The van der Waals surface area contributed by atoms with E-state index in [2.05, 4.69) is 5.32 Å². The fourth-order valence-electron chi connectivity index (χ4n) is 2.82. The number of hydrogen-bond acceptors (Lipinski definition) is 4. The van der Waals surface area contributed by atoms with Crippen molar-refractivity contribution in [1.82, 2.24) is 3.97 Å². The van der Waals surface area contributed by atoms with Gasteiger partial charge in [0.1, 0.15) is 16.3 Å². The maximum Gasteiger partial charge on any atom is 0.270 e. The third kappa shape index (κ3) is 2.16. The number of carbonyl (C=O) groups excluding carboxylic acids is 1. The average molecular weight is 342 g/mol. The molecule has 0 saturated heterocycles. The Kier molecular flexibility index (Phi) is 3.14. The minimum atomic E-state index is -3.88. The van der Waals surface area contributed by atoms with Gasteiger partial charge in [0.05, 0.1) is 5.52 Å². The van der Waals surface area contributed by atoms with Crippen molar-refractivity contribution in [2.24, 2.45) is 0 Å². The van der Waals surface area contributed by atoms with Gasteiger partial charge in [-0.15, -0.1) is 0 Å². The SMILES string of the molecule is Cc1ccc2ccn(S(=O)(=O)c3cccc4c3NC(=O)CO4)c2c1. The number of carbonyl (C=O) groups is 1. The van der Waals surface area contributed by atoms with Gasteiger partial charge in [0.2, 0.25) is 0 Å². The second-order valence-corrected chi connectivity index (χ2v) is 7.43. The highest BCUT2D eigenvalue weighted by Gasteiger charge is 2.28. The van der Waals surface area contributed by atoms with E-state index in [-0.39, 0.29) is 23.1 Å². The number of nitrogens with zero attached hydrogens (tertiary/aromatic N) is 1. The number of para-hydroxylation sites is 1. The average Bonchev–Trinajstić information content (AvgIpc) is 2.97. The van der Waals surface area contributed by atoms with E-state index in [1.54, 1.807) is 18.2 Å². The Morgan fingerprint density at radius 2 is 2.00 bits per heavy atom. The molecule has 6 nitrogen and oxygen atoms in total. The number of benzene rings is 2. The number of nitrogens with one attached hydrogen (secondary N) is 1. The van der Waals surface area contributed by atoms with Crippen LogP contribution in [0.2, 0.25) is 0 Å². The Hall–Kier alpha value is -2.80. The minimum absolute atomic E-state index is 0.00653. The number of aromatic nitrogens is 1. The molecule has 0 bridgehead atoms. The highest BCUT2D eigenvalue weighted by atomic mass is 32.2. The van der Waals surface area contributed by atoms with E-state index in [9.17, 15) is 13.2 Å². The predicted molar refractivity (Wildman–Crippen MR) is 89.8 cm³/mol. The molecule has 0 atom stereocenters. The van der Waals surface area contributed by atoms with Crippen LogP contribution in [0.3, 0.4) is 0 Å². The van der Waals surface area contributed by atoms with E-state index in [1.165, 1.54) is 16.2 Å². The Labute approximate surface area is 138 Å². The number of ether oxygens (including phenoxy) is 1. The Morgan fingerprint density at radius 3 is 2.83 bits per heavy atom. The number of aryl methyl sites for hydroxylation is 1. The molecule has 0 spiro atoms. The van der Waals surface area contributed by atoms with Crippen LogP contribution in [-0.2, 0) is 14.8 Å². The van der Waals surface area contributed by atoms with E-state index in [0.717, 1.165) is 10.9 Å². The minimum Gasteiger partial charge on any atom is -0.482 e. The maximum absolute atomic E-state index is 13.2. The van der Waals surface area contributed by atoms with Gasteiger partial charge < -0.3 is 10.1 Å². The van der Waals surface area contributed by atoms with Crippen LogP contribution in [0.5, 0.6) is 5.75 Å². The van der Waals surface area contributed by atoms with E-state index in [0.29, 0.717) is 11.3 Å². The van der Waals surface area contributed by atoms with Crippen LogP contribution in [-0.4, -0.2) is 24.9 Å². The van der Waals surface area contributed by atoms with Crippen molar-refractivity contribution in [3.8, 4) is 5.75 Å². The largest absolute Gasteiger partial charge is 0.482 e. The molecule has 2 heterocycles. The van der Waals surface area contributed by atoms with Crippen molar-refractivity contribution in [2.75, 3.05) is 11.9 Å². The van der Waals surface area contributed by atoms with Crippen LogP contribution in [0.25, 0.3) is 10.9 Å². The molecular weight excluding hydrogens is 328 g/mol. The summed E-state index contributed by atoms with van der Waals surface area (Å²) in [6, 6.07) is 12.1. The third-order valence-electron chi connectivity index (χ3n) is 3.96. The first-order chi connectivity index (χ1) is 11.5. The van der Waals surface area contributed by atoms with Gasteiger partial charge in [0.15, 0.2) is 6.61 Å². The van der Waals surface area contributed by atoms with Crippen molar-refractivity contribution in [3.05, 3.63) is 54.2 Å². The third-order valence-corrected chi connectivity index (χ3v) is 5.69. The molecule has 1 aliphatic heterocycles. The summed E-state index contributed by atoms with van der Waals surface area (Å²) < 4.78 is 32.8. The first kappa shape index (κ1) is 14.8. The fourth-order valence-corrected chi connectivity index (χ4v) is 4.33. The Balaban J connectivity index is 1.95. The van der Waals surface area contributed by atoms with E-state index in [1.807, 2.05) is 25.1 Å². The van der Waals surface area contributed by atoms with E-state index < -0.39 is 10.0 Å². The van der Waals surface area contributed by atoms with Crippen molar-refractivity contribution in [3.63, 3.8) is 0 Å². The second kappa shape index (κ2) is 5.10. The summed E-state index contributed by atoms with van der Waals surface area (Å²) in [7, 11) is -3.88. The maximum atomic E-state index is 13.2. The molecule has 0 radical (unpaired) electrons. The van der Waals surface area contributed by atoms with E-state index in [4.69, 9.17) is 4.74 Å². The van der Waals surface area contributed by atoms with Crippen LogP contribution >= 0.6 is 0 Å². The van der Waals surface area contributed by atoms with Gasteiger partial charge in [0, 0.05) is 11.6 Å². The molecule has 122 valence electrons. The number of rotatable bonds is 2. The molecule has 1 aliphatic rings. The van der Waals surface area contributed by atoms with Gasteiger partial charge in [-0.3, -0.25) is 4.79 Å². The van der Waals surface area contributed by atoms with E-state index >= 15 is 0 Å². The highest BCUT2D eigenvalue weighted by Crippen LogP contribution is 2.36.